The number of nitrogens with zero attached hydrogens (tertiary/aromatic N) is 2. The van der Waals surface area contributed by atoms with E-state index in [1.54, 1.807) is 32.9 Å². The largest absolute Gasteiger partial charge is 0.469 e. The predicted molar refractivity (Wildman–Crippen MR) is 88.7 cm³/mol. The summed E-state index contributed by atoms with van der Waals surface area (Å²) in [5.74, 6) is 0.152. The van der Waals surface area contributed by atoms with Crippen molar-refractivity contribution in [2.45, 2.75) is 45.6 Å². The lowest BCUT2D eigenvalue weighted by Gasteiger charge is -2.26. The summed E-state index contributed by atoms with van der Waals surface area (Å²) in [4.78, 5) is 29.1. The molecule has 0 N–H and O–H groups in total. The van der Waals surface area contributed by atoms with E-state index in [1.165, 1.54) is 18.2 Å². The zero-order chi connectivity index (χ0) is 17.5. The molecule has 0 radical (unpaired) electrons. The molecule has 0 fully saturated rings. The van der Waals surface area contributed by atoms with Gasteiger partial charge in [0.1, 0.15) is 11.4 Å². The fourth-order valence-corrected chi connectivity index (χ4v) is 1.95. The fourth-order valence-electron chi connectivity index (χ4n) is 1.80. The average Bonchev–Trinajstić information content (AvgIpc) is 2.44. The van der Waals surface area contributed by atoms with Gasteiger partial charge < -0.3 is 9.47 Å². The molecule has 1 rings (SSSR count). The van der Waals surface area contributed by atoms with E-state index >= 15 is 0 Å². The summed E-state index contributed by atoms with van der Waals surface area (Å²) in [6, 6.07) is 3.24. The topological polar surface area (TPSA) is 68.7 Å². The van der Waals surface area contributed by atoms with E-state index in [2.05, 4.69) is 9.72 Å². The lowest BCUT2D eigenvalue weighted by atomic mass is 10.2. The van der Waals surface area contributed by atoms with Gasteiger partial charge in [0, 0.05) is 24.2 Å². The van der Waals surface area contributed by atoms with Crippen molar-refractivity contribution >= 4 is 29.5 Å². The van der Waals surface area contributed by atoms with Crippen LogP contribution in [-0.2, 0) is 14.3 Å². The van der Waals surface area contributed by atoms with Gasteiger partial charge in [-0.3, -0.25) is 9.69 Å². The number of aromatic nitrogens is 1. The smallest absolute Gasteiger partial charge is 0.416 e. The van der Waals surface area contributed by atoms with E-state index < -0.39 is 11.7 Å². The van der Waals surface area contributed by atoms with Crippen LogP contribution in [0.5, 0.6) is 0 Å². The zero-order valence-corrected chi connectivity index (χ0v) is 14.7. The van der Waals surface area contributed by atoms with Gasteiger partial charge in [0.2, 0.25) is 0 Å². The number of rotatable bonds is 6. The van der Waals surface area contributed by atoms with Crippen LogP contribution in [0.25, 0.3) is 0 Å². The third kappa shape index (κ3) is 7.32. The number of carbonyl (C=O) groups excluding carboxylic acids is 2. The molecule has 0 spiro atoms. The summed E-state index contributed by atoms with van der Waals surface area (Å²) in [5.41, 5.74) is -0.611. The maximum atomic E-state index is 12.4. The molecule has 1 heterocycles. The molecule has 1 aromatic heterocycles. The molecule has 0 aromatic carbocycles. The minimum Gasteiger partial charge on any atom is -0.469 e. The molecular formula is C16H23ClN2O4. The van der Waals surface area contributed by atoms with Gasteiger partial charge in [-0.2, -0.15) is 0 Å². The molecule has 0 saturated carbocycles. The molecule has 128 valence electrons. The summed E-state index contributed by atoms with van der Waals surface area (Å²) in [7, 11) is 1.35. The van der Waals surface area contributed by atoms with Gasteiger partial charge >= 0.3 is 12.1 Å². The zero-order valence-electron chi connectivity index (χ0n) is 14.0. The quantitative estimate of drug-likeness (QED) is 0.580. The number of unbranched alkanes of at least 4 members (excludes halogenated alkanes) is 1. The third-order valence-corrected chi connectivity index (χ3v) is 3.07. The monoisotopic (exact) mass is 342 g/mol. The van der Waals surface area contributed by atoms with Gasteiger partial charge in [-0.1, -0.05) is 11.6 Å². The highest BCUT2D eigenvalue weighted by Gasteiger charge is 2.24. The van der Waals surface area contributed by atoms with Crippen molar-refractivity contribution in [2.24, 2.45) is 0 Å². The average molecular weight is 343 g/mol. The number of esters is 1. The number of halogens is 1. The van der Waals surface area contributed by atoms with E-state index in [4.69, 9.17) is 16.3 Å². The van der Waals surface area contributed by atoms with Crippen LogP contribution < -0.4 is 4.90 Å². The Labute approximate surface area is 141 Å². The molecule has 0 aliphatic heterocycles. The Kier molecular flexibility index (Phi) is 7.29. The van der Waals surface area contributed by atoms with Crippen molar-refractivity contribution < 1.29 is 19.1 Å². The molecule has 1 amide bonds. The van der Waals surface area contributed by atoms with Gasteiger partial charge in [0.15, 0.2) is 0 Å². The van der Waals surface area contributed by atoms with E-state index in [0.717, 1.165) is 0 Å². The molecule has 0 saturated heterocycles. The van der Waals surface area contributed by atoms with Crippen molar-refractivity contribution in [1.82, 2.24) is 4.98 Å². The Bertz CT molecular complexity index is 543. The summed E-state index contributed by atoms with van der Waals surface area (Å²) in [5, 5.41) is 0.484. The summed E-state index contributed by atoms with van der Waals surface area (Å²) >= 11 is 5.97. The third-order valence-electron chi connectivity index (χ3n) is 2.84. The Morgan fingerprint density at radius 2 is 2.00 bits per heavy atom. The van der Waals surface area contributed by atoms with E-state index in [-0.39, 0.29) is 5.97 Å². The molecule has 0 unspecified atom stereocenters. The number of amides is 1. The Hall–Kier alpha value is -1.82. The van der Waals surface area contributed by atoms with Crippen LogP contribution in [0.1, 0.15) is 40.0 Å². The van der Waals surface area contributed by atoms with Gasteiger partial charge in [-0.05, 0) is 45.7 Å². The maximum Gasteiger partial charge on any atom is 0.416 e. The molecule has 0 atom stereocenters. The number of hydrogen-bond donors (Lipinski definition) is 0. The number of anilines is 1. The Morgan fingerprint density at radius 1 is 1.30 bits per heavy atom. The molecule has 6 nitrogen and oxygen atoms in total. The van der Waals surface area contributed by atoms with Gasteiger partial charge in [-0.25, -0.2) is 9.78 Å². The molecule has 0 aliphatic carbocycles. The first-order valence-corrected chi connectivity index (χ1v) is 7.79. The van der Waals surface area contributed by atoms with Crippen LogP contribution in [0.4, 0.5) is 10.6 Å². The van der Waals surface area contributed by atoms with E-state index in [0.29, 0.717) is 36.6 Å². The van der Waals surface area contributed by atoms with Gasteiger partial charge in [0.25, 0.3) is 0 Å². The lowest BCUT2D eigenvalue weighted by Crippen LogP contribution is -2.38. The molecule has 1 aromatic rings. The minimum atomic E-state index is -0.611. The second-order valence-electron chi connectivity index (χ2n) is 6.00. The minimum absolute atomic E-state index is 0.269. The van der Waals surface area contributed by atoms with E-state index in [1.807, 2.05) is 0 Å². The number of pyridine rings is 1. The SMILES string of the molecule is COC(=O)CCCCN(C(=O)OC(C)(C)C)c1cc(Cl)ccn1. The highest BCUT2D eigenvalue weighted by atomic mass is 35.5. The van der Waals surface area contributed by atoms with Crippen molar-refractivity contribution in [2.75, 3.05) is 18.6 Å². The summed E-state index contributed by atoms with van der Waals surface area (Å²) in [6.07, 6.45) is 2.56. The lowest BCUT2D eigenvalue weighted by molar-refractivity contribution is -0.140. The van der Waals surface area contributed by atoms with E-state index in [9.17, 15) is 9.59 Å². The highest BCUT2D eigenvalue weighted by Crippen LogP contribution is 2.20. The van der Waals surface area contributed by atoms with Crippen LogP contribution >= 0.6 is 11.6 Å². The molecule has 0 aliphatic rings. The Morgan fingerprint density at radius 3 is 2.57 bits per heavy atom. The van der Waals surface area contributed by atoms with Crippen LogP contribution in [0, 0.1) is 0 Å². The number of hydrogen-bond acceptors (Lipinski definition) is 5. The highest BCUT2D eigenvalue weighted by molar-refractivity contribution is 6.30. The predicted octanol–water partition coefficient (Wildman–Crippen LogP) is 3.82. The van der Waals surface area contributed by atoms with Crippen LogP contribution in [0.3, 0.4) is 0 Å². The second-order valence-corrected chi connectivity index (χ2v) is 6.43. The normalized spacial score (nSPS) is 11.0. The first kappa shape index (κ1) is 19.2. The van der Waals surface area contributed by atoms with Crippen molar-refractivity contribution in [3.05, 3.63) is 23.4 Å². The summed E-state index contributed by atoms with van der Waals surface area (Å²) < 4.78 is 10.0. The van der Waals surface area contributed by atoms with Gasteiger partial charge in [-0.15, -0.1) is 0 Å². The first-order valence-electron chi connectivity index (χ1n) is 7.42. The number of ether oxygens (including phenoxy) is 2. The number of methoxy groups -OCH3 is 1. The van der Waals surface area contributed by atoms with Crippen molar-refractivity contribution in [3.8, 4) is 0 Å². The summed E-state index contributed by atoms with van der Waals surface area (Å²) in [6.45, 7) is 5.77. The van der Waals surface area contributed by atoms with Crippen LogP contribution in [0.15, 0.2) is 18.3 Å². The van der Waals surface area contributed by atoms with Gasteiger partial charge in [0.05, 0.1) is 7.11 Å². The maximum absolute atomic E-state index is 12.4. The van der Waals surface area contributed by atoms with Crippen LogP contribution in [-0.4, -0.2) is 36.3 Å². The standard InChI is InChI=1S/C16H23ClN2O4/c1-16(2,3)23-15(21)19(10-6-5-7-14(20)22-4)13-11-12(17)8-9-18-13/h8-9,11H,5-7,10H2,1-4H3. The van der Waals surface area contributed by atoms with Crippen molar-refractivity contribution in [1.29, 1.82) is 0 Å². The van der Waals surface area contributed by atoms with Crippen molar-refractivity contribution in [3.63, 3.8) is 0 Å². The fraction of sp³-hybridized carbons (Fsp3) is 0.562. The second kappa shape index (κ2) is 8.72. The Balaban J connectivity index is 2.76. The molecule has 0 bridgehead atoms. The van der Waals surface area contributed by atoms with Crippen LogP contribution in [0.2, 0.25) is 5.02 Å². The molecular weight excluding hydrogens is 320 g/mol. The first-order chi connectivity index (χ1) is 10.7. The molecule has 7 heteroatoms. The molecule has 23 heavy (non-hydrogen) atoms. The number of carbonyl (C=O) groups is 2.